The van der Waals surface area contributed by atoms with Gasteiger partial charge in [-0.25, -0.2) is 0 Å². The van der Waals surface area contributed by atoms with Crippen LogP contribution in [-0.2, 0) is 0 Å². The fraction of sp³-hybridized carbons (Fsp3) is 0. The van der Waals surface area contributed by atoms with E-state index in [4.69, 9.17) is 4.52 Å². The lowest BCUT2D eigenvalue weighted by Crippen LogP contribution is -1.83. The van der Waals surface area contributed by atoms with Crippen LogP contribution in [0.4, 0.5) is 0 Å². The van der Waals surface area contributed by atoms with Crippen LogP contribution in [0.25, 0.3) is 22.4 Å². The minimum Gasteiger partial charge on any atom is -0.333 e. The highest BCUT2D eigenvalue weighted by Crippen LogP contribution is 2.26. The van der Waals surface area contributed by atoms with Gasteiger partial charge in [0.25, 0.3) is 5.89 Å². The van der Waals surface area contributed by atoms with Crippen LogP contribution >= 0.6 is 15.9 Å². The van der Waals surface area contributed by atoms with Gasteiger partial charge in [0.05, 0.1) is 11.1 Å². The van der Waals surface area contributed by atoms with Crippen LogP contribution in [0.1, 0.15) is 0 Å². The van der Waals surface area contributed by atoms with Crippen molar-refractivity contribution < 1.29 is 4.52 Å². The molecule has 0 unspecified atom stereocenters. The van der Waals surface area contributed by atoms with Gasteiger partial charge in [0.2, 0.25) is 4.73 Å². The number of fused-ring (bicyclic) bond motifs is 1. The minimum atomic E-state index is 0.440. The number of hydrogen-bond acceptors (Lipinski definition) is 4. The Labute approximate surface area is 99.4 Å². The summed E-state index contributed by atoms with van der Waals surface area (Å²) in [6, 6.07) is 9.75. The Kier molecular flexibility index (Phi) is 2.18. The summed E-state index contributed by atoms with van der Waals surface area (Å²) in [6.07, 6.45) is 1.75. The van der Waals surface area contributed by atoms with Crippen molar-refractivity contribution in [2.75, 3.05) is 0 Å². The molecular formula is C11H6BrN3O. The van der Waals surface area contributed by atoms with Crippen molar-refractivity contribution in [1.82, 2.24) is 15.1 Å². The second-order valence-corrected chi connectivity index (χ2v) is 3.96. The molecule has 3 aromatic rings. The lowest BCUT2D eigenvalue weighted by Gasteiger charge is -1.99. The Bertz CT molecular complexity index is 645. The van der Waals surface area contributed by atoms with Gasteiger partial charge in [0, 0.05) is 11.6 Å². The standard InChI is InChI=1S/C11H6BrN3O/c12-11-14-10(16-15-11)8-5-1-3-7-4-2-6-13-9(7)8/h1-6H. The molecule has 0 aliphatic rings. The van der Waals surface area contributed by atoms with Crippen molar-refractivity contribution in [1.29, 1.82) is 0 Å². The normalized spacial score (nSPS) is 10.8. The Hall–Kier alpha value is -1.75. The average Bonchev–Trinajstić information content (AvgIpc) is 2.75. The third-order valence-electron chi connectivity index (χ3n) is 2.26. The summed E-state index contributed by atoms with van der Waals surface area (Å²) in [5.41, 5.74) is 1.71. The summed E-state index contributed by atoms with van der Waals surface area (Å²) in [4.78, 5) is 8.45. The smallest absolute Gasteiger partial charge is 0.260 e. The average molecular weight is 276 g/mol. The molecule has 3 rings (SSSR count). The molecule has 0 saturated heterocycles. The molecule has 0 aliphatic heterocycles. The first-order valence-corrected chi connectivity index (χ1v) is 5.47. The first-order chi connectivity index (χ1) is 7.84. The van der Waals surface area contributed by atoms with Gasteiger partial charge in [-0.15, -0.1) is 0 Å². The number of nitrogens with zero attached hydrogens (tertiary/aromatic N) is 3. The summed E-state index contributed by atoms with van der Waals surface area (Å²) < 4.78 is 5.55. The van der Waals surface area contributed by atoms with Crippen molar-refractivity contribution in [2.24, 2.45) is 0 Å². The summed E-state index contributed by atoms with van der Waals surface area (Å²) in [7, 11) is 0. The van der Waals surface area contributed by atoms with Crippen LogP contribution < -0.4 is 0 Å². The number of aromatic nitrogens is 3. The highest BCUT2D eigenvalue weighted by atomic mass is 79.9. The van der Waals surface area contributed by atoms with Gasteiger partial charge < -0.3 is 4.52 Å². The summed E-state index contributed by atoms with van der Waals surface area (Å²) in [5.74, 6) is 0.469. The fourth-order valence-electron chi connectivity index (χ4n) is 1.59. The zero-order valence-electron chi connectivity index (χ0n) is 8.09. The highest BCUT2D eigenvalue weighted by molar-refractivity contribution is 9.10. The van der Waals surface area contributed by atoms with E-state index in [1.54, 1.807) is 6.20 Å². The predicted octanol–water partition coefficient (Wildman–Crippen LogP) is 3.05. The molecule has 78 valence electrons. The monoisotopic (exact) mass is 275 g/mol. The number of rotatable bonds is 1. The van der Waals surface area contributed by atoms with Crippen molar-refractivity contribution in [3.63, 3.8) is 0 Å². The van der Waals surface area contributed by atoms with E-state index in [9.17, 15) is 0 Å². The van der Waals surface area contributed by atoms with Gasteiger partial charge in [-0.3, -0.25) is 4.98 Å². The molecule has 0 fully saturated rings. The van der Waals surface area contributed by atoms with Crippen molar-refractivity contribution >= 4 is 26.8 Å². The van der Waals surface area contributed by atoms with Crippen LogP contribution in [0.15, 0.2) is 45.8 Å². The summed E-state index contributed by atoms with van der Waals surface area (Å²) in [6.45, 7) is 0. The maximum atomic E-state index is 5.11. The molecular weight excluding hydrogens is 270 g/mol. The first kappa shape index (κ1) is 9.47. The lowest BCUT2D eigenvalue weighted by atomic mass is 10.1. The van der Waals surface area contributed by atoms with Crippen LogP contribution in [0.3, 0.4) is 0 Å². The maximum Gasteiger partial charge on any atom is 0.260 e. The quantitative estimate of drug-likeness (QED) is 0.685. The Balaban J connectivity index is 2.31. The van der Waals surface area contributed by atoms with Crippen LogP contribution in [0.2, 0.25) is 0 Å². The van der Waals surface area contributed by atoms with Gasteiger partial charge in [-0.2, -0.15) is 4.98 Å². The number of hydrogen-bond donors (Lipinski definition) is 0. The van der Waals surface area contributed by atoms with Crippen LogP contribution in [0.5, 0.6) is 0 Å². The molecule has 2 heterocycles. The molecule has 2 aromatic heterocycles. The van der Waals surface area contributed by atoms with Crippen molar-refractivity contribution in [2.45, 2.75) is 0 Å². The van der Waals surface area contributed by atoms with Crippen LogP contribution in [0, 0.1) is 0 Å². The van der Waals surface area contributed by atoms with Gasteiger partial charge in [-0.05, 0) is 33.2 Å². The van der Waals surface area contributed by atoms with Gasteiger partial charge >= 0.3 is 0 Å². The lowest BCUT2D eigenvalue weighted by molar-refractivity contribution is 0.426. The fourth-order valence-corrected chi connectivity index (χ4v) is 1.83. The number of para-hydroxylation sites is 1. The van der Waals surface area contributed by atoms with Gasteiger partial charge in [-0.1, -0.05) is 18.2 Å². The molecule has 4 nitrogen and oxygen atoms in total. The maximum absolute atomic E-state index is 5.11. The summed E-state index contributed by atoms with van der Waals surface area (Å²) >= 11 is 3.16. The molecule has 0 atom stereocenters. The second-order valence-electron chi connectivity index (χ2n) is 3.25. The van der Waals surface area contributed by atoms with Crippen molar-refractivity contribution in [3.8, 4) is 11.5 Å². The van der Waals surface area contributed by atoms with E-state index in [1.165, 1.54) is 0 Å². The second kappa shape index (κ2) is 3.68. The zero-order chi connectivity index (χ0) is 11.0. The number of pyridine rings is 1. The number of benzene rings is 1. The molecule has 16 heavy (non-hydrogen) atoms. The van der Waals surface area contributed by atoms with E-state index in [0.29, 0.717) is 10.6 Å². The molecule has 0 radical (unpaired) electrons. The van der Waals surface area contributed by atoms with E-state index in [0.717, 1.165) is 16.5 Å². The Morgan fingerprint density at radius 3 is 2.81 bits per heavy atom. The first-order valence-electron chi connectivity index (χ1n) is 4.68. The summed E-state index contributed by atoms with van der Waals surface area (Å²) in [5, 5.41) is 4.75. The van der Waals surface area contributed by atoms with E-state index in [1.807, 2.05) is 30.3 Å². The molecule has 0 aliphatic carbocycles. The molecule has 0 saturated carbocycles. The van der Waals surface area contributed by atoms with E-state index in [2.05, 4.69) is 31.1 Å². The van der Waals surface area contributed by atoms with E-state index < -0.39 is 0 Å². The SMILES string of the molecule is Brc1noc(-c2cccc3cccnc23)n1. The predicted molar refractivity (Wildman–Crippen MR) is 62.7 cm³/mol. The zero-order valence-corrected chi connectivity index (χ0v) is 9.68. The Morgan fingerprint density at radius 1 is 1.12 bits per heavy atom. The molecule has 0 spiro atoms. The van der Waals surface area contributed by atoms with Gasteiger partial charge in [0.15, 0.2) is 0 Å². The molecule has 0 amide bonds. The third kappa shape index (κ3) is 1.49. The third-order valence-corrected chi connectivity index (χ3v) is 2.59. The molecule has 1 aromatic carbocycles. The largest absolute Gasteiger partial charge is 0.333 e. The van der Waals surface area contributed by atoms with Crippen molar-refractivity contribution in [3.05, 3.63) is 41.3 Å². The number of halogens is 1. The van der Waals surface area contributed by atoms with Crippen LogP contribution in [-0.4, -0.2) is 15.1 Å². The molecule has 0 N–H and O–H groups in total. The molecule has 0 bridgehead atoms. The van der Waals surface area contributed by atoms with E-state index >= 15 is 0 Å². The Morgan fingerprint density at radius 2 is 2.00 bits per heavy atom. The molecule has 5 heteroatoms. The topological polar surface area (TPSA) is 51.8 Å². The van der Waals surface area contributed by atoms with E-state index in [-0.39, 0.29) is 0 Å². The minimum absolute atomic E-state index is 0.440. The highest BCUT2D eigenvalue weighted by Gasteiger charge is 2.10. The van der Waals surface area contributed by atoms with Gasteiger partial charge in [0.1, 0.15) is 0 Å².